The average Bonchev–Trinajstić information content (AvgIpc) is 2.32. The minimum absolute atomic E-state index is 0.0363. The van der Waals surface area contributed by atoms with Crippen molar-refractivity contribution in [1.29, 1.82) is 0 Å². The smallest absolute Gasteiger partial charge is 0.150 e. The Morgan fingerprint density at radius 1 is 1.00 bits per heavy atom. The van der Waals surface area contributed by atoms with Crippen LogP contribution < -0.4 is 10.5 Å². The van der Waals surface area contributed by atoms with Crippen LogP contribution in [0.25, 0.3) is 0 Å². The van der Waals surface area contributed by atoms with Crippen molar-refractivity contribution >= 4 is 5.69 Å². The Bertz CT molecular complexity index is 588. The lowest BCUT2D eigenvalue weighted by Gasteiger charge is -2.22. The first kappa shape index (κ1) is 13.4. The largest absolute Gasteiger partial charge is 0.455 e. The van der Waals surface area contributed by atoms with Gasteiger partial charge in [0.05, 0.1) is 5.69 Å². The number of hydrogen-bond donors (Lipinski definition) is 1. The van der Waals surface area contributed by atoms with Gasteiger partial charge in [-0.15, -0.1) is 0 Å². The van der Waals surface area contributed by atoms with Crippen LogP contribution in [0.3, 0.4) is 0 Å². The van der Waals surface area contributed by atoms with Gasteiger partial charge in [-0.2, -0.15) is 0 Å². The fourth-order valence-electron chi connectivity index (χ4n) is 1.91. The zero-order chi connectivity index (χ0) is 14.0. The van der Waals surface area contributed by atoms with E-state index in [0.29, 0.717) is 11.4 Å². The maximum absolute atomic E-state index is 13.0. The van der Waals surface area contributed by atoms with E-state index < -0.39 is 0 Å². The summed E-state index contributed by atoms with van der Waals surface area (Å²) in [6, 6.07) is 11.9. The van der Waals surface area contributed by atoms with Gasteiger partial charge in [0.15, 0.2) is 5.75 Å². The van der Waals surface area contributed by atoms with Crippen LogP contribution in [-0.2, 0) is 5.41 Å². The number of halogens is 1. The van der Waals surface area contributed by atoms with Gasteiger partial charge in [0.25, 0.3) is 0 Å². The van der Waals surface area contributed by atoms with Crippen LogP contribution in [0.2, 0.25) is 0 Å². The molecule has 0 unspecified atom stereocenters. The summed E-state index contributed by atoms with van der Waals surface area (Å²) < 4.78 is 18.8. The first-order valence-electron chi connectivity index (χ1n) is 6.20. The van der Waals surface area contributed by atoms with Gasteiger partial charge in [-0.3, -0.25) is 0 Å². The lowest BCUT2D eigenvalue weighted by Crippen LogP contribution is -2.12. The first-order chi connectivity index (χ1) is 8.88. The van der Waals surface area contributed by atoms with Gasteiger partial charge >= 0.3 is 0 Å². The average molecular weight is 259 g/mol. The second-order valence-corrected chi connectivity index (χ2v) is 5.53. The Labute approximate surface area is 113 Å². The molecule has 0 aromatic heterocycles. The molecule has 0 atom stereocenters. The molecule has 2 aromatic rings. The molecule has 0 aliphatic rings. The molecular formula is C16H18FNO. The molecule has 100 valence electrons. The van der Waals surface area contributed by atoms with Gasteiger partial charge in [-0.1, -0.05) is 39.0 Å². The van der Waals surface area contributed by atoms with Crippen LogP contribution in [0.1, 0.15) is 26.3 Å². The van der Waals surface area contributed by atoms with Crippen molar-refractivity contribution in [3.05, 3.63) is 53.8 Å². The summed E-state index contributed by atoms with van der Waals surface area (Å²) in [6.07, 6.45) is 0. The Hall–Kier alpha value is -2.03. The summed E-state index contributed by atoms with van der Waals surface area (Å²) in [4.78, 5) is 0. The van der Waals surface area contributed by atoms with Crippen molar-refractivity contribution in [3.8, 4) is 11.5 Å². The lowest BCUT2D eigenvalue weighted by molar-refractivity contribution is 0.456. The molecule has 0 saturated heterocycles. The van der Waals surface area contributed by atoms with Gasteiger partial charge in [-0.25, -0.2) is 4.39 Å². The Morgan fingerprint density at radius 3 is 2.32 bits per heavy atom. The third-order valence-electron chi connectivity index (χ3n) is 2.89. The van der Waals surface area contributed by atoms with E-state index in [-0.39, 0.29) is 11.2 Å². The highest BCUT2D eigenvalue weighted by molar-refractivity contribution is 5.55. The van der Waals surface area contributed by atoms with Crippen molar-refractivity contribution in [2.24, 2.45) is 0 Å². The Morgan fingerprint density at radius 2 is 1.68 bits per heavy atom. The molecule has 19 heavy (non-hydrogen) atoms. The highest BCUT2D eigenvalue weighted by Gasteiger charge is 2.19. The third-order valence-corrected chi connectivity index (χ3v) is 2.89. The van der Waals surface area contributed by atoms with Crippen LogP contribution in [0.4, 0.5) is 10.1 Å². The maximum Gasteiger partial charge on any atom is 0.150 e. The number of para-hydroxylation sites is 1. The number of anilines is 1. The molecule has 0 aliphatic carbocycles. The molecule has 0 radical (unpaired) electrons. The predicted molar refractivity (Wildman–Crippen MR) is 76.0 cm³/mol. The van der Waals surface area contributed by atoms with Gasteiger partial charge in [0.2, 0.25) is 0 Å². The van der Waals surface area contributed by atoms with E-state index >= 15 is 0 Å². The van der Waals surface area contributed by atoms with Gasteiger partial charge in [0, 0.05) is 11.6 Å². The molecule has 3 heteroatoms. The van der Waals surface area contributed by atoms with Crippen molar-refractivity contribution in [2.45, 2.75) is 26.2 Å². The summed E-state index contributed by atoms with van der Waals surface area (Å²) >= 11 is 0. The van der Waals surface area contributed by atoms with E-state index in [1.165, 1.54) is 12.1 Å². The second kappa shape index (κ2) is 4.92. The highest BCUT2D eigenvalue weighted by atomic mass is 19.1. The van der Waals surface area contributed by atoms with Crippen LogP contribution in [0.15, 0.2) is 42.5 Å². The number of ether oxygens (including phenoxy) is 1. The molecule has 2 nitrogen and oxygen atoms in total. The van der Waals surface area contributed by atoms with Gasteiger partial charge in [0.1, 0.15) is 11.6 Å². The van der Waals surface area contributed by atoms with Crippen LogP contribution in [0.5, 0.6) is 11.5 Å². The zero-order valence-electron chi connectivity index (χ0n) is 11.4. The van der Waals surface area contributed by atoms with E-state index in [1.807, 2.05) is 24.3 Å². The third kappa shape index (κ3) is 3.05. The second-order valence-electron chi connectivity index (χ2n) is 5.53. The van der Waals surface area contributed by atoms with Crippen molar-refractivity contribution in [3.63, 3.8) is 0 Å². The molecule has 2 rings (SSSR count). The zero-order valence-corrected chi connectivity index (χ0v) is 11.4. The molecule has 0 bridgehead atoms. The standard InChI is InChI=1S/C16H18FNO/c1-16(2,3)12-6-4-5-7-14(12)19-15-9-8-11(17)10-13(15)18/h4-10H,18H2,1-3H3. The Kier molecular flexibility index (Phi) is 3.47. The normalized spacial score (nSPS) is 11.4. The van der Waals surface area contributed by atoms with E-state index in [0.717, 1.165) is 11.3 Å². The fourth-order valence-corrected chi connectivity index (χ4v) is 1.91. The monoisotopic (exact) mass is 259 g/mol. The van der Waals surface area contributed by atoms with E-state index in [1.54, 1.807) is 6.07 Å². The summed E-state index contributed by atoms with van der Waals surface area (Å²) in [5.41, 5.74) is 7.10. The minimum atomic E-state index is -0.367. The maximum atomic E-state index is 13.0. The first-order valence-corrected chi connectivity index (χ1v) is 6.20. The SMILES string of the molecule is CC(C)(C)c1ccccc1Oc1ccc(F)cc1N. The molecule has 0 fully saturated rings. The van der Waals surface area contributed by atoms with Crippen LogP contribution in [0, 0.1) is 5.82 Å². The van der Waals surface area contributed by atoms with Gasteiger partial charge in [-0.05, 0) is 23.6 Å². The number of nitrogen functional groups attached to an aromatic ring is 1. The summed E-state index contributed by atoms with van der Waals surface area (Å²) in [5, 5.41) is 0. The summed E-state index contributed by atoms with van der Waals surface area (Å²) in [7, 11) is 0. The number of hydrogen-bond acceptors (Lipinski definition) is 2. The minimum Gasteiger partial charge on any atom is -0.455 e. The van der Waals surface area contributed by atoms with Crippen molar-refractivity contribution in [2.75, 3.05) is 5.73 Å². The van der Waals surface area contributed by atoms with Crippen molar-refractivity contribution in [1.82, 2.24) is 0 Å². The molecule has 0 amide bonds. The molecular weight excluding hydrogens is 241 g/mol. The summed E-state index contributed by atoms with van der Waals surface area (Å²) in [6.45, 7) is 6.34. The number of nitrogens with two attached hydrogens (primary N) is 1. The lowest BCUT2D eigenvalue weighted by atomic mass is 9.86. The molecule has 0 saturated carbocycles. The molecule has 0 spiro atoms. The summed E-state index contributed by atoms with van der Waals surface area (Å²) in [5.74, 6) is 0.848. The Balaban J connectivity index is 2.39. The van der Waals surface area contributed by atoms with E-state index in [4.69, 9.17) is 10.5 Å². The molecule has 2 N–H and O–H groups in total. The quantitative estimate of drug-likeness (QED) is 0.806. The number of benzene rings is 2. The van der Waals surface area contributed by atoms with Gasteiger partial charge < -0.3 is 10.5 Å². The van der Waals surface area contributed by atoms with Crippen LogP contribution >= 0.6 is 0 Å². The fraction of sp³-hybridized carbons (Fsp3) is 0.250. The molecule has 0 aliphatic heterocycles. The van der Waals surface area contributed by atoms with Crippen molar-refractivity contribution < 1.29 is 9.13 Å². The predicted octanol–water partition coefficient (Wildman–Crippen LogP) is 4.50. The highest BCUT2D eigenvalue weighted by Crippen LogP contribution is 2.35. The van der Waals surface area contributed by atoms with E-state index in [9.17, 15) is 4.39 Å². The topological polar surface area (TPSA) is 35.2 Å². The number of rotatable bonds is 2. The van der Waals surface area contributed by atoms with E-state index in [2.05, 4.69) is 20.8 Å². The molecule has 2 aromatic carbocycles. The van der Waals surface area contributed by atoms with Crippen LogP contribution in [-0.4, -0.2) is 0 Å². The molecule has 0 heterocycles.